The SMILES string of the molecule is C=N/C=C\C(=C/C)C1(O)CCN(c2cccn3nc(Nc4ccc(C(=O)N(C)C5CCN(C)CC5)cc4)nc23)CC1. The molecule has 41 heavy (non-hydrogen) atoms. The smallest absolute Gasteiger partial charge is 0.253 e. The number of aliphatic hydroxyl groups is 1. The van der Waals surface area contributed by atoms with Crippen molar-refractivity contribution >= 4 is 35.6 Å². The molecule has 2 fully saturated rings. The number of pyridine rings is 1. The van der Waals surface area contributed by atoms with Crippen LogP contribution in [0.1, 0.15) is 43.0 Å². The summed E-state index contributed by atoms with van der Waals surface area (Å²) in [6.07, 6.45) is 10.4. The molecule has 2 N–H and O–H groups in total. The summed E-state index contributed by atoms with van der Waals surface area (Å²) in [4.78, 5) is 28.1. The van der Waals surface area contributed by atoms with Crippen molar-refractivity contribution in [2.75, 3.05) is 50.5 Å². The van der Waals surface area contributed by atoms with Crippen molar-refractivity contribution < 1.29 is 9.90 Å². The molecule has 2 saturated heterocycles. The molecule has 1 amide bonds. The molecule has 0 atom stereocenters. The van der Waals surface area contributed by atoms with Crippen LogP contribution in [0.15, 0.2) is 71.5 Å². The van der Waals surface area contributed by atoms with Gasteiger partial charge in [0.15, 0.2) is 5.65 Å². The first-order valence-electron chi connectivity index (χ1n) is 14.3. The molecule has 3 aromatic rings. The Morgan fingerprint density at radius 1 is 1.17 bits per heavy atom. The van der Waals surface area contributed by atoms with Crippen LogP contribution in [-0.4, -0.2) is 94.0 Å². The molecule has 2 aliphatic rings. The van der Waals surface area contributed by atoms with E-state index in [0.717, 1.165) is 48.5 Å². The number of fused-ring (bicyclic) bond motifs is 1. The highest BCUT2D eigenvalue weighted by atomic mass is 16.3. The van der Waals surface area contributed by atoms with Crippen molar-refractivity contribution in [3.63, 3.8) is 0 Å². The third kappa shape index (κ3) is 6.18. The molecule has 1 aromatic carbocycles. The van der Waals surface area contributed by atoms with Gasteiger partial charge in [0.25, 0.3) is 5.91 Å². The first-order chi connectivity index (χ1) is 19.8. The van der Waals surface area contributed by atoms with E-state index in [4.69, 9.17) is 4.98 Å². The molecule has 10 heteroatoms. The summed E-state index contributed by atoms with van der Waals surface area (Å²) in [5.41, 5.74) is 3.16. The van der Waals surface area contributed by atoms with E-state index >= 15 is 0 Å². The number of nitrogens with one attached hydrogen (secondary N) is 1. The van der Waals surface area contributed by atoms with E-state index < -0.39 is 5.60 Å². The van der Waals surface area contributed by atoms with Gasteiger partial charge < -0.3 is 25.1 Å². The van der Waals surface area contributed by atoms with E-state index in [2.05, 4.69) is 39.0 Å². The minimum atomic E-state index is -0.895. The van der Waals surface area contributed by atoms with Crippen molar-refractivity contribution in [3.05, 3.63) is 72.1 Å². The van der Waals surface area contributed by atoms with Crippen molar-refractivity contribution in [1.29, 1.82) is 0 Å². The molecule has 0 spiro atoms. The number of benzene rings is 1. The summed E-state index contributed by atoms with van der Waals surface area (Å²) in [6, 6.07) is 11.8. The fourth-order valence-electron chi connectivity index (χ4n) is 5.83. The highest BCUT2D eigenvalue weighted by Gasteiger charge is 2.35. The monoisotopic (exact) mass is 556 g/mol. The number of carbonyl (C=O) groups excluding carboxylic acids is 1. The number of hydrogen-bond donors (Lipinski definition) is 2. The average Bonchev–Trinajstić information content (AvgIpc) is 3.40. The normalized spacial score (nSPS) is 18.6. The Morgan fingerprint density at radius 3 is 2.54 bits per heavy atom. The van der Waals surface area contributed by atoms with E-state index in [1.807, 2.05) is 73.6 Å². The van der Waals surface area contributed by atoms with Crippen LogP contribution in [0.5, 0.6) is 0 Å². The number of aliphatic imine (C=N–C) groups is 1. The van der Waals surface area contributed by atoms with Crippen LogP contribution in [-0.2, 0) is 0 Å². The van der Waals surface area contributed by atoms with Gasteiger partial charge in [-0.25, -0.2) is 4.52 Å². The Balaban J connectivity index is 1.25. The van der Waals surface area contributed by atoms with Gasteiger partial charge in [0.2, 0.25) is 5.95 Å². The maximum atomic E-state index is 13.1. The van der Waals surface area contributed by atoms with Gasteiger partial charge in [-0.2, -0.15) is 4.98 Å². The second-order valence-electron chi connectivity index (χ2n) is 11.0. The number of nitrogens with zero attached hydrogens (tertiary/aromatic N) is 7. The van der Waals surface area contributed by atoms with Crippen molar-refractivity contribution in [3.8, 4) is 0 Å². The van der Waals surface area contributed by atoms with E-state index in [9.17, 15) is 9.90 Å². The zero-order valence-electron chi connectivity index (χ0n) is 24.2. The van der Waals surface area contributed by atoms with Crippen LogP contribution in [0, 0.1) is 0 Å². The predicted octanol–water partition coefficient (Wildman–Crippen LogP) is 4.13. The van der Waals surface area contributed by atoms with Gasteiger partial charge in [0, 0.05) is 49.8 Å². The first kappa shape index (κ1) is 28.5. The maximum absolute atomic E-state index is 13.1. The van der Waals surface area contributed by atoms with Gasteiger partial charge in [-0.1, -0.05) is 6.08 Å². The fraction of sp³-hybridized carbons (Fsp3) is 0.419. The summed E-state index contributed by atoms with van der Waals surface area (Å²) in [5.74, 6) is 0.525. The highest BCUT2D eigenvalue weighted by molar-refractivity contribution is 5.94. The van der Waals surface area contributed by atoms with Crippen molar-refractivity contribution in [2.45, 2.75) is 44.2 Å². The van der Waals surface area contributed by atoms with E-state index in [0.29, 0.717) is 37.4 Å². The number of allylic oxidation sites excluding steroid dienone is 1. The number of anilines is 3. The van der Waals surface area contributed by atoms with Crippen molar-refractivity contribution in [2.24, 2.45) is 4.99 Å². The Kier molecular flexibility index (Phi) is 8.51. The molecule has 0 saturated carbocycles. The van der Waals surface area contributed by atoms with Gasteiger partial charge in [0.1, 0.15) is 0 Å². The molecule has 216 valence electrons. The van der Waals surface area contributed by atoms with Crippen LogP contribution < -0.4 is 10.2 Å². The molecule has 2 aliphatic heterocycles. The lowest BCUT2D eigenvalue weighted by molar-refractivity contribution is 0.0559. The maximum Gasteiger partial charge on any atom is 0.253 e. The molecule has 0 unspecified atom stereocenters. The number of piperidine rings is 2. The molecular formula is C31H40N8O2. The van der Waals surface area contributed by atoms with Crippen LogP contribution in [0.3, 0.4) is 0 Å². The lowest BCUT2D eigenvalue weighted by Gasteiger charge is -2.40. The number of rotatable bonds is 8. The van der Waals surface area contributed by atoms with Gasteiger partial charge in [-0.05, 0) is 108 Å². The molecule has 10 nitrogen and oxygen atoms in total. The Morgan fingerprint density at radius 2 is 1.88 bits per heavy atom. The van der Waals surface area contributed by atoms with Crippen LogP contribution in [0.25, 0.3) is 5.65 Å². The molecule has 0 radical (unpaired) electrons. The van der Waals surface area contributed by atoms with Crippen LogP contribution in [0.4, 0.5) is 17.3 Å². The van der Waals surface area contributed by atoms with E-state index in [1.54, 1.807) is 10.7 Å². The lowest BCUT2D eigenvalue weighted by Crippen LogP contribution is -2.45. The molecule has 0 bridgehead atoms. The highest BCUT2D eigenvalue weighted by Crippen LogP contribution is 2.34. The largest absolute Gasteiger partial charge is 0.385 e. The van der Waals surface area contributed by atoms with E-state index in [-0.39, 0.29) is 11.9 Å². The zero-order valence-corrected chi connectivity index (χ0v) is 24.2. The van der Waals surface area contributed by atoms with Crippen molar-refractivity contribution in [1.82, 2.24) is 24.4 Å². The Labute approximate surface area is 241 Å². The van der Waals surface area contributed by atoms with Gasteiger partial charge >= 0.3 is 0 Å². The average molecular weight is 557 g/mol. The predicted molar refractivity (Wildman–Crippen MR) is 164 cm³/mol. The second kappa shape index (κ2) is 12.2. The molecule has 2 aromatic heterocycles. The third-order valence-electron chi connectivity index (χ3n) is 8.43. The number of aromatic nitrogens is 3. The second-order valence-corrected chi connectivity index (χ2v) is 11.0. The summed E-state index contributed by atoms with van der Waals surface area (Å²) < 4.78 is 1.77. The molecular weight excluding hydrogens is 516 g/mol. The molecule has 5 rings (SSSR count). The third-order valence-corrected chi connectivity index (χ3v) is 8.43. The minimum Gasteiger partial charge on any atom is -0.385 e. The number of amides is 1. The molecule has 0 aliphatic carbocycles. The minimum absolute atomic E-state index is 0.0463. The van der Waals surface area contributed by atoms with E-state index in [1.165, 1.54) is 0 Å². The first-order valence-corrected chi connectivity index (χ1v) is 14.3. The summed E-state index contributed by atoms with van der Waals surface area (Å²) >= 11 is 0. The zero-order chi connectivity index (χ0) is 29.0. The van der Waals surface area contributed by atoms with Crippen LogP contribution in [0.2, 0.25) is 0 Å². The number of carbonyl (C=O) groups is 1. The lowest BCUT2D eigenvalue weighted by atomic mass is 9.83. The Bertz CT molecular complexity index is 1430. The topological polar surface area (TPSA) is 102 Å². The number of likely N-dealkylation sites (tertiary alicyclic amines) is 1. The summed E-state index contributed by atoms with van der Waals surface area (Å²) in [7, 11) is 4.03. The molecule has 4 heterocycles. The van der Waals surface area contributed by atoms with Gasteiger partial charge in [-0.3, -0.25) is 9.79 Å². The van der Waals surface area contributed by atoms with Crippen LogP contribution >= 0.6 is 0 Å². The summed E-state index contributed by atoms with van der Waals surface area (Å²) in [6.45, 7) is 8.81. The quantitative estimate of drug-likeness (QED) is 0.318. The standard InChI is InChI=1S/C31H40N8O2/c1-5-24(12-17-32-2)31(41)15-21-38(22-16-31)27-7-6-18-39-28(27)34-30(35-39)33-25-10-8-23(9-11-25)29(40)37(4)26-13-19-36(3)20-14-26/h5-12,17-18,26,41H,2,13-16,19-22H2,1,3-4H3,(H,33,35)/b17-12-,24-5+. The Hall–Kier alpha value is -4.02. The summed E-state index contributed by atoms with van der Waals surface area (Å²) in [5, 5.41) is 19.2. The fourth-order valence-corrected chi connectivity index (χ4v) is 5.83. The van der Waals surface area contributed by atoms with Gasteiger partial charge in [-0.15, -0.1) is 5.10 Å². The van der Waals surface area contributed by atoms with Gasteiger partial charge in [0.05, 0.1) is 11.3 Å². The number of hydrogen-bond acceptors (Lipinski definition) is 8.